The highest BCUT2D eigenvalue weighted by molar-refractivity contribution is 7.09. The van der Waals surface area contributed by atoms with Crippen LogP contribution < -0.4 is 4.74 Å². The van der Waals surface area contributed by atoms with Gasteiger partial charge in [-0.05, 0) is 17.7 Å². The van der Waals surface area contributed by atoms with Crippen molar-refractivity contribution >= 4 is 17.3 Å². The number of aromatic nitrogens is 1. The molecule has 0 saturated heterocycles. The monoisotopic (exact) mass is 263 g/mol. The van der Waals surface area contributed by atoms with Crippen molar-refractivity contribution in [1.29, 1.82) is 0 Å². The van der Waals surface area contributed by atoms with Crippen LogP contribution in [0.1, 0.15) is 16.5 Å². The molecule has 0 aliphatic rings. The van der Waals surface area contributed by atoms with Crippen LogP contribution >= 0.6 is 11.3 Å². The lowest BCUT2D eigenvalue weighted by Gasteiger charge is -2.13. The number of nitrogens with zero attached hydrogens (tertiary/aromatic N) is 1. The maximum atomic E-state index is 11.9. The van der Waals surface area contributed by atoms with Crippen molar-refractivity contribution in [3.8, 4) is 5.75 Å². The van der Waals surface area contributed by atoms with Gasteiger partial charge in [0, 0.05) is 11.6 Å². The third-order valence-electron chi connectivity index (χ3n) is 2.56. The summed E-state index contributed by atoms with van der Waals surface area (Å²) in [7, 11) is 2.97. The molecule has 94 valence electrons. The summed E-state index contributed by atoms with van der Waals surface area (Å²) in [5, 5.41) is 2.56. The largest absolute Gasteiger partial charge is 0.497 e. The van der Waals surface area contributed by atoms with Crippen LogP contribution in [0, 0.1) is 0 Å². The van der Waals surface area contributed by atoms with Gasteiger partial charge in [-0.2, -0.15) is 0 Å². The zero-order valence-corrected chi connectivity index (χ0v) is 10.9. The van der Waals surface area contributed by atoms with E-state index in [-0.39, 0.29) is 5.97 Å². The van der Waals surface area contributed by atoms with E-state index in [0.29, 0.717) is 5.75 Å². The first-order valence-corrected chi connectivity index (χ1v) is 6.25. The number of carbonyl (C=O) groups is 1. The first-order valence-electron chi connectivity index (χ1n) is 5.37. The summed E-state index contributed by atoms with van der Waals surface area (Å²) in [5.41, 5.74) is 0.816. The number of benzene rings is 1. The van der Waals surface area contributed by atoms with Gasteiger partial charge in [0.05, 0.1) is 14.2 Å². The molecular formula is C13H13NO3S. The first-order chi connectivity index (χ1) is 8.76. The Labute approximate surface area is 109 Å². The molecule has 0 radical (unpaired) electrons. The Morgan fingerprint density at radius 2 is 2.22 bits per heavy atom. The van der Waals surface area contributed by atoms with Gasteiger partial charge in [0.1, 0.15) is 16.7 Å². The number of thiazole rings is 1. The molecule has 1 heterocycles. The molecule has 0 N–H and O–H groups in total. The highest BCUT2D eigenvalue weighted by Gasteiger charge is 2.26. The Hall–Kier alpha value is -1.88. The quantitative estimate of drug-likeness (QED) is 0.795. The third kappa shape index (κ3) is 2.51. The average molecular weight is 263 g/mol. The molecule has 0 bridgehead atoms. The van der Waals surface area contributed by atoms with Crippen LogP contribution in [0.25, 0.3) is 0 Å². The van der Waals surface area contributed by atoms with Gasteiger partial charge < -0.3 is 9.47 Å². The van der Waals surface area contributed by atoms with Gasteiger partial charge in [0.2, 0.25) is 0 Å². The molecule has 18 heavy (non-hydrogen) atoms. The Balaban J connectivity index is 2.43. The van der Waals surface area contributed by atoms with Gasteiger partial charge in [-0.15, -0.1) is 11.3 Å². The molecule has 2 rings (SSSR count). The van der Waals surface area contributed by atoms with E-state index in [9.17, 15) is 4.79 Å². The summed E-state index contributed by atoms with van der Waals surface area (Å²) in [6.07, 6.45) is 1.68. The Morgan fingerprint density at radius 1 is 1.39 bits per heavy atom. The average Bonchev–Trinajstić information content (AvgIpc) is 2.93. The minimum Gasteiger partial charge on any atom is -0.497 e. The highest BCUT2D eigenvalue weighted by Crippen LogP contribution is 2.29. The van der Waals surface area contributed by atoms with Crippen LogP contribution in [0.4, 0.5) is 0 Å². The van der Waals surface area contributed by atoms with Crippen LogP contribution in [0.2, 0.25) is 0 Å². The Morgan fingerprint density at radius 3 is 2.83 bits per heavy atom. The van der Waals surface area contributed by atoms with Crippen LogP contribution in [0.3, 0.4) is 0 Å². The highest BCUT2D eigenvalue weighted by atomic mass is 32.1. The van der Waals surface area contributed by atoms with Crippen molar-refractivity contribution < 1.29 is 14.3 Å². The van der Waals surface area contributed by atoms with Crippen molar-refractivity contribution in [2.45, 2.75) is 5.92 Å². The maximum Gasteiger partial charge on any atom is 0.320 e. The fourth-order valence-corrected chi connectivity index (χ4v) is 2.45. The molecular weight excluding hydrogens is 250 g/mol. The van der Waals surface area contributed by atoms with E-state index in [1.807, 2.05) is 29.6 Å². The molecule has 2 aromatic rings. The van der Waals surface area contributed by atoms with Gasteiger partial charge in [-0.3, -0.25) is 4.79 Å². The molecule has 0 aliphatic heterocycles. The summed E-state index contributed by atoms with van der Waals surface area (Å²) in [6.45, 7) is 0. The number of methoxy groups -OCH3 is 2. The summed E-state index contributed by atoms with van der Waals surface area (Å²) >= 11 is 1.43. The number of ether oxygens (including phenoxy) is 2. The molecule has 0 saturated carbocycles. The summed E-state index contributed by atoms with van der Waals surface area (Å²) in [5.74, 6) is -0.110. The number of rotatable bonds is 4. The fraction of sp³-hybridized carbons (Fsp3) is 0.231. The van der Waals surface area contributed by atoms with E-state index >= 15 is 0 Å². The second-order valence-corrected chi connectivity index (χ2v) is 4.53. The van der Waals surface area contributed by atoms with Crippen LogP contribution in [0.15, 0.2) is 35.8 Å². The maximum absolute atomic E-state index is 11.9. The predicted molar refractivity (Wildman–Crippen MR) is 69.0 cm³/mol. The fourth-order valence-electron chi connectivity index (χ4n) is 1.70. The van der Waals surface area contributed by atoms with E-state index < -0.39 is 5.92 Å². The van der Waals surface area contributed by atoms with Crippen LogP contribution in [-0.4, -0.2) is 25.2 Å². The van der Waals surface area contributed by atoms with E-state index in [2.05, 4.69) is 4.98 Å². The second kappa shape index (κ2) is 5.64. The van der Waals surface area contributed by atoms with Crippen LogP contribution in [-0.2, 0) is 9.53 Å². The molecule has 0 amide bonds. The minimum atomic E-state index is -0.495. The second-order valence-electron chi connectivity index (χ2n) is 3.60. The van der Waals surface area contributed by atoms with E-state index in [4.69, 9.17) is 9.47 Å². The zero-order chi connectivity index (χ0) is 13.0. The molecule has 4 nitrogen and oxygen atoms in total. The molecule has 0 spiro atoms. The van der Waals surface area contributed by atoms with Gasteiger partial charge in [-0.1, -0.05) is 12.1 Å². The van der Waals surface area contributed by atoms with E-state index in [0.717, 1.165) is 10.6 Å². The predicted octanol–water partition coefficient (Wildman–Crippen LogP) is 2.46. The Kier molecular flexibility index (Phi) is 3.94. The lowest BCUT2D eigenvalue weighted by molar-refractivity contribution is -0.141. The molecule has 1 aromatic carbocycles. The third-order valence-corrected chi connectivity index (χ3v) is 3.40. The van der Waals surface area contributed by atoms with Crippen LogP contribution in [0.5, 0.6) is 5.75 Å². The Bertz CT molecular complexity index is 525. The summed E-state index contributed by atoms with van der Waals surface area (Å²) < 4.78 is 10.0. The number of carbonyl (C=O) groups excluding carboxylic acids is 1. The molecule has 5 heteroatoms. The lowest BCUT2D eigenvalue weighted by atomic mass is 10.00. The van der Waals surface area contributed by atoms with Gasteiger partial charge in [0.15, 0.2) is 0 Å². The standard InChI is InChI=1S/C13H13NO3S/c1-16-10-5-3-4-9(8-10)11(13(15)17-2)12-14-6-7-18-12/h3-8,11H,1-2H3. The molecule has 1 aromatic heterocycles. The number of hydrogen-bond donors (Lipinski definition) is 0. The zero-order valence-electron chi connectivity index (χ0n) is 10.1. The summed E-state index contributed by atoms with van der Waals surface area (Å²) in [4.78, 5) is 16.1. The number of hydrogen-bond acceptors (Lipinski definition) is 5. The van der Waals surface area contributed by atoms with Crippen molar-refractivity contribution in [3.05, 3.63) is 46.4 Å². The van der Waals surface area contributed by atoms with Crippen molar-refractivity contribution in [1.82, 2.24) is 4.98 Å². The molecule has 0 fully saturated rings. The smallest absolute Gasteiger partial charge is 0.320 e. The normalized spacial score (nSPS) is 11.9. The van der Waals surface area contributed by atoms with Gasteiger partial charge in [0.25, 0.3) is 0 Å². The molecule has 0 aliphatic carbocycles. The SMILES string of the molecule is COC(=O)C(c1cccc(OC)c1)c1nccs1. The van der Waals surface area contributed by atoms with Gasteiger partial charge >= 0.3 is 5.97 Å². The van der Waals surface area contributed by atoms with Crippen molar-refractivity contribution in [2.24, 2.45) is 0 Å². The molecule has 1 atom stereocenters. The van der Waals surface area contributed by atoms with E-state index in [1.54, 1.807) is 13.3 Å². The minimum absolute atomic E-state index is 0.321. The summed E-state index contributed by atoms with van der Waals surface area (Å²) in [6, 6.07) is 7.37. The lowest BCUT2D eigenvalue weighted by Crippen LogP contribution is -2.15. The topological polar surface area (TPSA) is 48.4 Å². The molecule has 1 unspecified atom stereocenters. The van der Waals surface area contributed by atoms with Crippen molar-refractivity contribution in [2.75, 3.05) is 14.2 Å². The van der Waals surface area contributed by atoms with Gasteiger partial charge in [-0.25, -0.2) is 4.98 Å². The van der Waals surface area contributed by atoms with Crippen molar-refractivity contribution in [3.63, 3.8) is 0 Å². The number of esters is 1. The van der Waals surface area contributed by atoms with E-state index in [1.165, 1.54) is 18.4 Å². The first kappa shape index (κ1) is 12.6.